The molecule has 3 aromatic rings. The normalized spacial score (nSPS) is 17.7. The van der Waals surface area contributed by atoms with Crippen LogP contribution >= 0.6 is 11.6 Å². The number of imidazole rings is 1. The van der Waals surface area contributed by atoms with E-state index in [0.717, 1.165) is 0 Å². The Labute approximate surface area is 176 Å². The van der Waals surface area contributed by atoms with Crippen molar-refractivity contribution in [3.8, 4) is 5.69 Å². The van der Waals surface area contributed by atoms with Crippen molar-refractivity contribution >= 4 is 34.5 Å². The van der Waals surface area contributed by atoms with Crippen LogP contribution in [0.2, 0.25) is 5.02 Å². The molecule has 0 radical (unpaired) electrons. The third kappa shape index (κ3) is 3.88. The molecular weight excluding hydrogens is 416 g/mol. The Morgan fingerprint density at radius 1 is 1.40 bits per heavy atom. The van der Waals surface area contributed by atoms with E-state index in [4.69, 9.17) is 17.3 Å². The standard InChI is InChI=1S/C19H20ClF2N7O/c20-14-9-12(1-2-15(14)22)29-16-13(17(23)27-30)3-5-24-18(16)26-19(29)25-6-8-28-7-4-11(21)10-28/h1-3,5,9,11,30H,4,6-8,10H2,(H2,23,27)(H,24,25,26)/t11-/m0/s1. The molecule has 0 bridgehead atoms. The maximum Gasteiger partial charge on any atom is 0.210 e. The molecule has 3 heterocycles. The summed E-state index contributed by atoms with van der Waals surface area (Å²) >= 11 is 5.99. The van der Waals surface area contributed by atoms with Gasteiger partial charge in [-0.25, -0.2) is 13.8 Å². The molecular formula is C19H20ClF2N7O. The van der Waals surface area contributed by atoms with Gasteiger partial charge in [-0.1, -0.05) is 16.8 Å². The number of nitrogens with zero attached hydrogens (tertiary/aromatic N) is 5. The number of fused-ring (bicyclic) bond motifs is 1. The molecule has 0 amide bonds. The lowest BCUT2D eigenvalue weighted by molar-refractivity contribution is 0.295. The van der Waals surface area contributed by atoms with Gasteiger partial charge in [0.2, 0.25) is 5.95 Å². The summed E-state index contributed by atoms with van der Waals surface area (Å²) in [5.41, 5.74) is 7.61. The highest BCUT2D eigenvalue weighted by Gasteiger charge is 2.22. The second-order valence-electron chi connectivity index (χ2n) is 7.00. The van der Waals surface area contributed by atoms with Crippen LogP contribution in [0, 0.1) is 5.82 Å². The van der Waals surface area contributed by atoms with Crippen molar-refractivity contribution < 1.29 is 14.0 Å². The summed E-state index contributed by atoms with van der Waals surface area (Å²) < 4.78 is 28.8. The summed E-state index contributed by atoms with van der Waals surface area (Å²) in [6.45, 7) is 2.26. The molecule has 1 saturated heterocycles. The Morgan fingerprint density at radius 3 is 2.93 bits per heavy atom. The average Bonchev–Trinajstić information content (AvgIpc) is 3.32. The molecule has 0 saturated carbocycles. The van der Waals surface area contributed by atoms with Gasteiger partial charge < -0.3 is 16.3 Å². The van der Waals surface area contributed by atoms with Crippen LogP contribution in [-0.4, -0.2) is 62.8 Å². The van der Waals surface area contributed by atoms with Crippen LogP contribution < -0.4 is 11.1 Å². The van der Waals surface area contributed by atoms with E-state index in [0.29, 0.717) is 61.0 Å². The number of alkyl halides is 1. The maximum atomic E-state index is 13.7. The molecule has 0 spiro atoms. The smallest absolute Gasteiger partial charge is 0.210 e. The van der Waals surface area contributed by atoms with Crippen molar-refractivity contribution in [3.05, 3.63) is 46.9 Å². The number of pyridine rings is 1. The summed E-state index contributed by atoms with van der Waals surface area (Å²) in [5, 5.41) is 15.4. The largest absolute Gasteiger partial charge is 0.409 e. The van der Waals surface area contributed by atoms with Gasteiger partial charge >= 0.3 is 0 Å². The fourth-order valence-electron chi connectivity index (χ4n) is 3.57. The minimum atomic E-state index is -0.788. The van der Waals surface area contributed by atoms with E-state index in [9.17, 15) is 14.0 Å². The number of hydrogen-bond acceptors (Lipinski definition) is 6. The number of oxime groups is 1. The molecule has 1 aromatic carbocycles. The van der Waals surface area contributed by atoms with Gasteiger partial charge in [-0.15, -0.1) is 0 Å². The Morgan fingerprint density at radius 2 is 2.23 bits per heavy atom. The van der Waals surface area contributed by atoms with Crippen molar-refractivity contribution in [1.82, 2.24) is 19.4 Å². The first-order valence-electron chi connectivity index (χ1n) is 9.39. The molecule has 0 unspecified atom stereocenters. The zero-order valence-electron chi connectivity index (χ0n) is 15.9. The first kappa shape index (κ1) is 20.3. The van der Waals surface area contributed by atoms with E-state index in [-0.39, 0.29) is 10.9 Å². The van der Waals surface area contributed by atoms with Crippen molar-refractivity contribution in [2.45, 2.75) is 12.6 Å². The number of amidine groups is 1. The number of hydrogen-bond donors (Lipinski definition) is 3. The molecule has 2 aromatic heterocycles. The van der Waals surface area contributed by atoms with E-state index in [2.05, 4.69) is 20.4 Å². The lowest BCUT2D eigenvalue weighted by atomic mass is 10.2. The fraction of sp³-hybridized carbons (Fsp3) is 0.316. The fourth-order valence-corrected chi connectivity index (χ4v) is 3.75. The van der Waals surface area contributed by atoms with Gasteiger partial charge in [-0.05, 0) is 30.7 Å². The third-order valence-electron chi connectivity index (χ3n) is 5.02. The van der Waals surface area contributed by atoms with Gasteiger partial charge in [0.1, 0.15) is 17.5 Å². The zero-order valence-corrected chi connectivity index (χ0v) is 16.7. The van der Waals surface area contributed by atoms with Crippen molar-refractivity contribution in [2.24, 2.45) is 10.9 Å². The number of nitrogens with two attached hydrogens (primary N) is 1. The summed E-state index contributed by atoms with van der Waals surface area (Å²) in [7, 11) is 0. The average molecular weight is 436 g/mol. The minimum Gasteiger partial charge on any atom is -0.409 e. The monoisotopic (exact) mass is 435 g/mol. The van der Waals surface area contributed by atoms with Gasteiger partial charge in [0.25, 0.3) is 0 Å². The molecule has 1 fully saturated rings. The number of halogens is 3. The van der Waals surface area contributed by atoms with Crippen molar-refractivity contribution in [2.75, 3.05) is 31.5 Å². The van der Waals surface area contributed by atoms with E-state index in [1.54, 1.807) is 16.7 Å². The van der Waals surface area contributed by atoms with Gasteiger partial charge in [0.05, 0.1) is 10.7 Å². The maximum absolute atomic E-state index is 13.7. The number of aromatic nitrogens is 3. The van der Waals surface area contributed by atoms with Gasteiger partial charge in [-0.3, -0.25) is 9.47 Å². The van der Waals surface area contributed by atoms with Crippen LogP contribution in [0.3, 0.4) is 0 Å². The number of likely N-dealkylation sites (tertiary alicyclic amines) is 1. The first-order valence-corrected chi connectivity index (χ1v) is 9.77. The molecule has 158 valence electrons. The van der Waals surface area contributed by atoms with Crippen LogP contribution in [0.15, 0.2) is 35.6 Å². The molecule has 11 heteroatoms. The Balaban J connectivity index is 1.75. The topological polar surface area (TPSA) is 105 Å². The van der Waals surface area contributed by atoms with E-state index in [1.807, 2.05) is 4.90 Å². The minimum absolute atomic E-state index is 0.0550. The number of rotatable bonds is 6. The SMILES string of the molecule is NC(=NO)c1ccnc2nc(NCCN3CC[C@H](F)C3)n(-c3ccc(F)c(Cl)c3)c12. The molecule has 1 aliphatic heterocycles. The lowest BCUT2D eigenvalue weighted by Crippen LogP contribution is -2.27. The van der Waals surface area contributed by atoms with E-state index in [1.165, 1.54) is 18.3 Å². The predicted molar refractivity (Wildman–Crippen MR) is 111 cm³/mol. The molecule has 8 nitrogen and oxygen atoms in total. The van der Waals surface area contributed by atoms with Crippen molar-refractivity contribution in [3.63, 3.8) is 0 Å². The second-order valence-corrected chi connectivity index (χ2v) is 7.41. The number of anilines is 1. The summed E-state index contributed by atoms with van der Waals surface area (Å²) in [5.74, 6) is -0.243. The molecule has 4 N–H and O–H groups in total. The lowest BCUT2D eigenvalue weighted by Gasteiger charge is -2.16. The third-order valence-corrected chi connectivity index (χ3v) is 5.31. The highest BCUT2D eigenvalue weighted by atomic mass is 35.5. The van der Waals surface area contributed by atoms with Gasteiger partial charge in [0.15, 0.2) is 11.5 Å². The molecule has 30 heavy (non-hydrogen) atoms. The van der Waals surface area contributed by atoms with E-state index < -0.39 is 12.0 Å². The Hall–Kier alpha value is -2.98. The first-order chi connectivity index (χ1) is 14.5. The van der Waals surface area contributed by atoms with Crippen LogP contribution in [0.25, 0.3) is 16.9 Å². The highest BCUT2D eigenvalue weighted by Crippen LogP contribution is 2.28. The predicted octanol–water partition coefficient (Wildman–Crippen LogP) is 2.76. The Bertz CT molecular complexity index is 1100. The van der Waals surface area contributed by atoms with Crippen molar-refractivity contribution in [1.29, 1.82) is 0 Å². The summed E-state index contributed by atoms with van der Waals surface area (Å²) in [6.07, 6.45) is 1.25. The molecule has 1 atom stereocenters. The van der Waals surface area contributed by atoms with Gasteiger partial charge in [-0.2, -0.15) is 4.98 Å². The van der Waals surface area contributed by atoms with Gasteiger partial charge in [0, 0.05) is 37.9 Å². The molecule has 1 aliphatic rings. The number of nitrogens with one attached hydrogen (secondary N) is 1. The number of benzene rings is 1. The summed E-state index contributed by atoms with van der Waals surface area (Å²) in [4.78, 5) is 10.8. The highest BCUT2D eigenvalue weighted by molar-refractivity contribution is 6.30. The Kier molecular flexibility index (Phi) is 5.69. The summed E-state index contributed by atoms with van der Waals surface area (Å²) in [6, 6.07) is 5.85. The van der Waals surface area contributed by atoms with Crippen LogP contribution in [0.5, 0.6) is 0 Å². The zero-order chi connectivity index (χ0) is 21.3. The quantitative estimate of drug-likeness (QED) is 0.238. The van der Waals surface area contributed by atoms with Crippen LogP contribution in [-0.2, 0) is 0 Å². The van der Waals surface area contributed by atoms with E-state index >= 15 is 0 Å². The molecule has 0 aliphatic carbocycles. The molecule has 4 rings (SSSR count). The van der Waals surface area contributed by atoms with Crippen LogP contribution in [0.4, 0.5) is 14.7 Å². The van der Waals surface area contributed by atoms with Crippen LogP contribution in [0.1, 0.15) is 12.0 Å². The second kappa shape index (κ2) is 8.41.